The van der Waals surface area contributed by atoms with Gasteiger partial charge in [0.2, 0.25) is 5.91 Å². The molecule has 2 saturated carbocycles. The minimum absolute atomic E-state index is 0.161. The van der Waals surface area contributed by atoms with Crippen LogP contribution in [0.25, 0.3) is 0 Å². The normalized spacial score (nSPS) is 32.8. The van der Waals surface area contributed by atoms with Crippen molar-refractivity contribution in [3.63, 3.8) is 0 Å². The number of hydrogen-bond donors (Lipinski definition) is 1. The molecule has 0 bridgehead atoms. The fourth-order valence-corrected chi connectivity index (χ4v) is 4.50. The van der Waals surface area contributed by atoms with Crippen LogP contribution < -0.4 is 10.6 Å². The molecular weight excluding hydrogens is 248 g/mol. The quantitative estimate of drug-likeness (QED) is 0.898. The molecule has 0 saturated heterocycles. The fraction of sp³-hybridized carbons (Fsp3) is 0.588. The van der Waals surface area contributed by atoms with E-state index in [9.17, 15) is 4.79 Å². The summed E-state index contributed by atoms with van der Waals surface area (Å²) in [5, 5.41) is 0. The van der Waals surface area contributed by atoms with Gasteiger partial charge >= 0.3 is 0 Å². The van der Waals surface area contributed by atoms with Crippen LogP contribution in [0.2, 0.25) is 0 Å². The Morgan fingerprint density at radius 2 is 1.95 bits per heavy atom. The standard InChI is InChI=1S/C17H22N2O/c1-19-14-7-6-10(8-11(14)9-15(19)20)17(18)16-12-4-2-3-5-13(12)16/h6-8,12-13,16-17H,2-5,9,18H2,1H3. The van der Waals surface area contributed by atoms with E-state index in [0.717, 1.165) is 23.1 Å². The molecule has 0 radical (unpaired) electrons. The molecule has 1 aromatic carbocycles. The highest BCUT2D eigenvalue weighted by molar-refractivity contribution is 6.00. The van der Waals surface area contributed by atoms with Gasteiger partial charge in [0.25, 0.3) is 0 Å². The second-order valence-electron chi connectivity index (χ2n) is 6.73. The minimum Gasteiger partial charge on any atom is -0.324 e. The molecule has 1 heterocycles. The number of carbonyl (C=O) groups is 1. The molecule has 0 aromatic heterocycles. The largest absolute Gasteiger partial charge is 0.324 e. The molecule has 0 spiro atoms. The Labute approximate surface area is 120 Å². The maximum atomic E-state index is 11.8. The summed E-state index contributed by atoms with van der Waals surface area (Å²) in [5.41, 5.74) is 9.95. The highest BCUT2D eigenvalue weighted by Crippen LogP contribution is 2.59. The van der Waals surface area contributed by atoms with Crippen LogP contribution in [-0.2, 0) is 11.2 Å². The van der Waals surface area contributed by atoms with Crippen molar-refractivity contribution < 1.29 is 4.79 Å². The second-order valence-corrected chi connectivity index (χ2v) is 6.73. The monoisotopic (exact) mass is 270 g/mol. The van der Waals surface area contributed by atoms with Gasteiger partial charge < -0.3 is 10.6 Å². The molecule has 4 rings (SSSR count). The van der Waals surface area contributed by atoms with E-state index >= 15 is 0 Å². The zero-order valence-corrected chi connectivity index (χ0v) is 12.0. The second kappa shape index (κ2) is 4.32. The third-order valence-electron chi connectivity index (χ3n) is 5.70. The van der Waals surface area contributed by atoms with Gasteiger partial charge in [0.1, 0.15) is 0 Å². The van der Waals surface area contributed by atoms with E-state index in [2.05, 4.69) is 18.2 Å². The topological polar surface area (TPSA) is 46.3 Å². The lowest BCUT2D eigenvalue weighted by Gasteiger charge is -2.15. The molecule has 2 fully saturated rings. The van der Waals surface area contributed by atoms with Crippen LogP contribution in [0, 0.1) is 17.8 Å². The van der Waals surface area contributed by atoms with Gasteiger partial charge in [-0.1, -0.05) is 25.0 Å². The lowest BCUT2D eigenvalue weighted by molar-refractivity contribution is -0.117. The molecular formula is C17H22N2O. The molecule has 1 aliphatic heterocycles. The summed E-state index contributed by atoms with van der Waals surface area (Å²) in [6.45, 7) is 0. The first-order valence-corrected chi connectivity index (χ1v) is 7.82. The van der Waals surface area contributed by atoms with E-state index in [1.165, 1.54) is 31.2 Å². The van der Waals surface area contributed by atoms with Gasteiger partial charge in [-0.05, 0) is 47.8 Å². The van der Waals surface area contributed by atoms with Crippen LogP contribution in [0.15, 0.2) is 18.2 Å². The third kappa shape index (κ3) is 1.72. The molecule has 1 amide bonds. The Morgan fingerprint density at radius 1 is 1.25 bits per heavy atom. The predicted molar refractivity (Wildman–Crippen MR) is 79.4 cm³/mol. The first-order chi connectivity index (χ1) is 9.66. The van der Waals surface area contributed by atoms with Crippen LogP contribution in [0.5, 0.6) is 0 Å². The molecule has 2 N–H and O–H groups in total. The average Bonchev–Trinajstić information content (AvgIpc) is 3.12. The summed E-state index contributed by atoms with van der Waals surface area (Å²) in [6, 6.07) is 6.53. The summed E-state index contributed by atoms with van der Waals surface area (Å²) < 4.78 is 0. The Bertz CT molecular complexity index is 556. The lowest BCUT2D eigenvalue weighted by atomic mass is 9.98. The third-order valence-corrected chi connectivity index (χ3v) is 5.70. The van der Waals surface area contributed by atoms with E-state index in [1.807, 2.05) is 7.05 Å². The first-order valence-electron chi connectivity index (χ1n) is 7.82. The lowest BCUT2D eigenvalue weighted by Crippen LogP contribution is -2.20. The predicted octanol–water partition coefficient (Wildman–Crippen LogP) is 2.64. The zero-order chi connectivity index (χ0) is 13.9. The summed E-state index contributed by atoms with van der Waals surface area (Å²) in [5.74, 6) is 2.61. The highest BCUT2D eigenvalue weighted by atomic mass is 16.2. The van der Waals surface area contributed by atoms with Crippen molar-refractivity contribution in [2.45, 2.75) is 38.1 Å². The number of benzene rings is 1. The molecule has 3 aliphatic rings. The molecule has 2 aliphatic carbocycles. The minimum atomic E-state index is 0.161. The molecule has 3 unspecified atom stereocenters. The summed E-state index contributed by atoms with van der Waals surface area (Å²) >= 11 is 0. The van der Waals surface area contributed by atoms with E-state index in [1.54, 1.807) is 4.90 Å². The first kappa shape index (κ1) is 12.4. The molecule has 1 aromatic rings. The van der Waals surface area contributed by atoms with E-state index in [4.69, 9.17) is 5.73 Å². The number of fused-ring (bicyclic) bond motifs is 2. The summed E-state index contributed by atoms with van der Waals surface area (Å²) in [7, 11) is 1.85. The van der Waals surface area contributed by atoms with E-state index < -0.39 is 0 Å². The van der Waals surface area contributed by atoms with Gasteiger partial charge in [0.05, 0.1) is 6.42 Å². The summed E-state index contributed by atoms with van der Waals surface area (Å²) in [6.07, 6.45) is 6.04. The van der Waals surface area contributed by atoms with Crippen LogP contribution in [0.4, 0.5) is 5.69 Å². The van der Waals surface area contributed by atoms with Gasteiger partial charge in [0, 0.05) is 18.8 Å². The van der Waals surface area contributed by atoms with Crippen molar-refractivity contribution in [2.24, 2.45) is 23.5 Å². The van der Waals surface area contributed by atoms with Gasteiger partial charge in [-0.2, -0.15) is 0 Å². The molecule has 3 heteroatoms. The van der Waals surface area contributed by atoms with Crippen molar-refractivity contribution in [2.75, 3.05) is 11.9 Å². The zero-order valence-electron chi connectivity index (χ0n) is 12.0. The van der Waals surface area contributed by atoms with Crippen LogP contribution in [-0.4, -0.2) is 13.0 Å². The Morgan fingerprint density at radius 3 is 2.65 bits per heavy atom. The van der Waals surface area contributed by atoms with Crippen molar-refractivity contribution in [3.8, 4) is 0 Å². The molecule has 3 atom stereocenters. The number of carbonyl (C=O) groups excluding carboxylic acids is 1. The highest BCUT2D eigenvalue weighted by Gasteiger charge is 2.53. The molecule has 3 nitrogen and oxygen atoms in total. The van der Waals surface area contributed by atoms with Crippen molar-refractivity contribution in [3.05, 3.63) is 29.3 Å². The number of likely N-dealkylation sites (N-methyl/N-ethyl adjacent to an activating group) is 1. The Balaban J connectivity index is 1.58. The average molecular weight is 270 g/mol. The van der Waals surface area contributed by atoms with Gasteiger partial charge in [0.15, 0.2) is 0 Å². The van der Waals surface area contributed by atoms with Crippen molar-refractivity contribution in [1.82, 2.24) is 0 Å². The number of anilines is 1. The van der Waals surface area contributed by atoms with Gasteiger partial charge in [-0.3, -0.25) is 4.79 Å². The van der Waals surface area contributed by atoms with Gasteiger partial charge in [-0.15, -0.1) is 0 Å². The summed E-state index contributed by atoms with van der Waals surface area (Å²) in [4.78, 5) is 13.5. The fourth-order valence-electron chi connectivity index (χ4n) is 4.50. The van der Waals surface area contributed by atoms with Crippen molar-refractivity contribution in [1.29, 1.82) is 0 Å². The number of rotatable bonds is 2. The Kier molecular flexibility index (Phi) is 2.68. The number of amides is 1. The van der Waals surface area contributed by atoms with Crippen LogP contribution in [0.1, 0.15) is 42.9 Å². The smallest absolute Gasteiger partial charge is 0.231 e. The van der Waals surface area contributed by atoms with Crippen molar-refractivity contribution >= 4 is 11.6 Å². The number of nitrogens with zero attached hydrogens (tertiary/aromatic N) is 1. The molecule has 20 heavy (non-hydrogen) atoms. The van der Waals surface area contributed by atoms with Crippen LogP contribution >= 0.6 is 0 Å². The SMILES string of the molecule is CN1C(=O)Cc2cc(C(N)C3C4CCCCC43)ccc21. The molecule has 106 valence electrons. The maximum absolute atomic E-state index is 11.8. The van der Waals surface area contributed by atoms with Crippen LogP contribution in [0.3, 0.4) is 0 Å². The maximum Gasteiger partial charge on any atom is 0.231 e. The van der Waals surface area contributed by atoms with Gasteiger partial charge in [-0.25, -0.2) is 0 Å². The Hall–Kier alpha value is -1.35. The number of hydrogen-bond acceptors (Lipinski definition) is 2. The number of nitrogens with two attached hydrogens (primary N) is 1. The van der Waals surface area contributed by atoms with E-state index in [-0.39, 0.29) is 11.9 Å². The van der Waals surface area contributed by atoms with E-state index in [0.29, 0.717) is 12.3 Å².